The lowest BCUT2D eigenvalue weighted by atomic mass is 10.0. The van der Waals surface area contributed by atoms with Crippen LogP contribution >= 0.6 is 0 Å². The highest BCUT2D eigenvalue weighted by atomic mass is 16.6. The van der Waals surface area contributed by atoms with Gasteiger partial charge >= 0.3 is 5.97 Å². The van der Waals surface area contributed by atoms with Crippen molar-refractivity contribution in [2.24, 2.45) is 0 Å². The lowest BCUT2D eigenvalue weighted by Gasteiger charge is -2.04. The Bertz CT molecular complexity index is 467. The number of nitrogens with zero attached hydrogens (tertiary/aromatic N) is 1. The number of carboxylic acid groups (broad SMARTS) is 1. The van der Waals surface area contributed by atoms with Crippen molar-refractivity contribution in [2.45, 2.75) is 13.3 Å². The van der Waals surface area contributed by atoms with Gasteiger partial charge in [-0.2, -0.15) is 0 Å². The molecule has 1 N–H and O–H groups in total. The van der Waals surface area contributed by atoms with Gasteiger partial charge in [0, 0.05) is 17.2 Å². The van der Waals surface area contributed by atoms with Crippen LogP contribution in [0.1, 0.15) is 21.5 Å². The van der Waals surface area contributed by atoms with Crippen molar-refractivity contribution >= 4 is 17.9 Å². The molecular weight excluding hydrogens is 214 g/mol. The molecule has 0 unspecified atom stereocenters. The van der Waals surface area contributed by atoms with Gasteiger partial charge in [-0.05, 0) is 18.6 Å². The quantitative estimate of drug-likeness (QED) is 0.472. The van der Waals surface area contributed by atoms with Gasteiger partial charge in [-0.3, -0.25) is 19.7 Å². The Morgan fingerprint density at radius 2 is 2.19 bits per heavy atom. The second-order valence-corrected chi connectivity index (χ2v) is 3.28. The Morgan fingerprint density at radius 1 is 1.56 bits per heavy atom. The summed E-state index contributed by atoms with van der Waals surface area (Å²) < 4.78 is 0. The second kappa shape index (κ2) is 4.52. The lowest BCUT2D eigenvalue weighted by Crippen LogP contribution is -2.05. The molecule has 0 spiro atoms. The zero-order valence-electron chi connectivity index (χ0n) is 8.47. The number of rotatable bonds is 4. The van der Waals surface area contributed by atoms with Crippen molar-refractivity contribution in [1.29, 1.82) is 0 Å². The monoisotopic (exact) mass is 223 g/mol. The van der Waals surface area contributed by atoms with Crippen LogP contribution in [-0.2, 0) is 11.2 Å². The largest absolute Gasteiger partial charge is 0.481 e. The molecule has 0 saturated heterocycles. The number of aliphatic carboxylic acids is 1. The molecule has 6 heteroatoms. The minimum atomic E-state index is -1.09. The van der Waals surface area contributed by atoms with E-state index < -0.39 is 10.9 Å². The fourth-order valence-corrected chi connectivity index (χ4v) is 1.39. The van der Waals surface area contributed by atoms with Crippen LogP contribution in [0.2, 0.25) is 0 Å². The topological polar surface area (TPSA) is 97.5 Å². The van der Waals surface area contributed by atoms with Crippen LogP contribution < -0.4 is 0 Å². The zero-order valence-corrected chi connectivity index (χ0v) is 8.47. The summed E-state index contributed by atoms with van der Waals surface area (Å²) >= 11 is 0. The predicted molar refractivity (Wildman–Crippen MR) is 54.6 cm³/mol. The standard InChI is InChI=1S/C10H9NO5/c1-6-2-7(4-10(13)14)8(5-12)3-9(6)11(15)16/h2-3,5H,4H2,1H3,(H,13,14). The number of carboxylic acids is 1. The maximum atomic E-state index is 10.7. The number of carbonyl (C=O) groups is 2. The fourth-order valence-electron chi connectivity index (χ4n) is 1.39. The molecule has 6 nitrogen and oxygen atoms in total. The van der Waals surface area contributed by atoms with Crippen molar-refractivity contribution in [2.75, 3.05) is 0 Å². The van der Waals surface area contributed by atoms with Gasteiger partial charge in [0.05, 0.1) is 11.3 Å². The molecule has 84 valence electrons. The SMILES string of the molecule is Cc1cc(CC(=O)O)c(C=O)cc1[N+](=O)[O-]. The maximum absolute atomic E-state index is 10.7. The molecule has 0 bridgehead atoms. The summed E-state index contributed by atoms with van der Waals surface area (Å²) in [6.45, 7) is 1.50. The van der Waals surface area contributed by atoms with E-state index in [0.717, 1.165) is 6.07 Å². The molecule has 0 amide bonds. The third-order valence-corrected chi connectivity index (χ3v) is 2.12. The summed E-state index contributed by atoms with van der Waals surface area (Å²) in [6, 6.07) is 2.45. The van der Waals surface area contributed by atoms with E-state index in [0.29, 0.717) is 11.8 Å². The van der Waals surface area contributed by atoms with E-state index in [4.69, 9.17) is 5.11 Å². The molecule has 1 aromatic rings. The molecular formula is C10H9NO5. The zero-order chi connectivity index (χ0) is 12.3. The Hall–Kier alpha value is -2.24. The maximum Gasteiger partial charge on any atom is 0.307 e. The Balaban J connectivity index is 3.31. The highest BCUT2D eigenvalue weighted by Crippen LogP contribution is 2.22. The van der Waals surface area contributed by atoms with E-state index >= 15 is 0 Å². The number of hydrogen-bond acceptors (Lipinski definition) is 4. The number of hydrogen-bond donors (Lipinski definition) is 1. The highest BCUT2D eigenvalue weighted by Gasteiger charge is 2.16. The van der Waals surface area contributed by atoms with Crippen LogP contribution in [0.3, 0.4) is 0 Å². The molecule has 0 aliphatic carbocycles. The number of aryl methyl sites for hydroxylation is 1. The van der Waals surface area contributed by atoms with Gasteiger partial charge in [0.15, 0.2) is 6.29 Å². The van der Waals surface area contributed by atoms with Crippen LogP contribution in [0, 0.1) is 17.0 Å². The summed E-state index contributed by atoms with van der Waals surface area (Å²) in [5.74, 6) is -1.09. The first kappa shape index (κ1) is 11.8. The minimum absolute atomic E-state index is 0.0414. The molecule has 0 aromatic heterocycles. The van der Waals surface area contributed by atoms with Crippen LogP contribution in [0.15, 0.2) is 12.1 Å². The number of nitro groups is 1. The van der Waals surface area contributed by atoms with Gasteiger partial charge in [-0.15, -0.1) is 0 Å². The van der Waals surface area contributed by atoms with E-state index in [-0.39, 0.29) is 23.2 Å². The second-order valence-electron chi connectivity index (χ2n) is 3.28. The first-order valence-corrected chi connectivity index (χ1v) is 4.40. The molecule has 0 radical (unpaired) electrons. The smallest absolute Gasteiger partial charge is 0.307 e. The normalized spacial score (nSPS) is 9.81. The van der Waals surface area contributed by atoms with Gasteiger partial charge in [-0.1, -0.05) is 0 Å². The van der Waals surface area contributed by atoms with Crippen molar-refractivity contribution in [3.63, 3.8) is 0 Å². The van der Waals surface area contributed by atoms with Gasteiger partial charge in [0.1, 0.15) is 0 Å². The molecule has 1 aromatic carbocycles. The average Bonchev–Trinajstić information content (AvgIpc) is 2.16. The van der Waals surface area contributed by atoms with Crippen LogP contribution in [-0.4, -0.2) is 22.3 Å². The molecule has 0 aliphatic heterocycles. The molecule has 0 heterocycles. The van der Waals surface area contributed by atoms with Crippen molar-refractivity contribution in [3.05, 3.63) is 38.9 Å². The first-order chi connectivity index (χ1) is 7.45. The molecule has 0 fully saturated rings. The summed E-state index contributed by atoms with van der Waals surface area (Å²) in [5.41, 5.74) is 0.480. The van der Waals surface area contributed by atoms with Crippen LogP contribution in [0.4, 0.5) is 5.69 Å². The molecule has 16 heavy (non-hydrogen) atoms. The summed E-state index contributed by atoms with van der Waals surface area (Å²) in [6.07, 6.45) is 0.0949. The van der Waals surface area contributed by atoms with Gasteiger partial charge in [0.2, 0.25) is 0 Å². The van der Waals surface area contributed by atoms with Crippen molar-refractivity contribution < 1.29 is 19.6 Å². The number of carbonyl (C=O) groups excluding carboxylic acids is 1. The highest BCUT2D eigenvalue weighted by molar-refractivity contribution is 5.82. The fraction of sp³-hybridized carbons (Fsp3) is 0.200. The summed E-state index contributed by atoms with van der Waals surface area (Å²) in [5, 5.41) is 19.2. The predicted octanol–water partition coefficient (Wildman–Crippen LogP) is 1.34. The first-order valence-electron chi connectivity index (χ1n) is 4.40. The van der Waals surface area contributed by atoms with E-state index in [2.05, 4.69) is 0 Å². The van der Waals surface area contributed by atoms with Crippen molar-refractivity contribution in [3.8, 4) is 0 Å². The van der Waals surface area contributed by atoms with Gasteiger partial charge < -0.3 is 5.11 Å². The van der Waals surface area contributed by atoms with Crippen LogP contribution in [0.25, 0.3) is 0 Å². The number of nitro benzene ring substituents is 1. The molecule has 0 atom stereocenters. The minimum Gasteiger partial charge on any atom is -0.481 e. The van der Waals surface area contributed by atoms with Gasteiger partial charge in [0.25, 0.3) is 5.69 Å². The Morgan fingerprint density at radius 3 is 2.62 bits per heavy atom. The Kier molecular flexibility index (Phi) is 3.34. The van der Waals surface area contributed by atoms with E-state index in [1.165, 1.54) is 13.0 Å². The third-order valence-electron chi connectivity index (χ3n) is 2.12. The van der Waals surface area contributed by atoms with Gasteiger partial charge in [-0.25, -0.2) is 0 Å². The van der Waals surface area contributed by atoms with Crippen LogP contribution in [0.5, 0.6) is 0 Å². The molecule has 1 rings (SSSR count). The van der Waals surface area contributed by atoms with E-state index in [9.17, 15) is 19.7 Å². The molecule has 0 saturated carbocycles. The van der Waals surface area contributed by atoms with E-state index in [1.807, 2.05) is 0 Å². The Labute approximate surface area is 90.7 Å². The van der Waals surface area contributed by atoms with Crippen molar-refractivity contribution in [1.82, 2.24) is 0 Å². The number of benzene rings is 1. The van der Waals surface area contributed by atoms with E-state index in [1.54, 1.807) is 0 Å². The lowest BCUT2D eigenvalue weighted by molar-refractivity contribution is -0.385. The molecule has 0 aliphatic rings. The third kappa shape index (κ3) is 2.41. The number of aldehydes is 1. The summed E-state index contributed by atoms with van der Waals surface area (Å²) in [4.78, 5) is 31.2. The average molecular weight is 223 g/mol. The summed E-state index contributed by atoms with van der Waals surface area (Å²) in [7, 11) is 0.